The molecule has 4 rings (SSSR count). The highest BCUT2D eigenvalue weighted by Gasteiger charge is 2.56. The van der Waals surface area contributed by atoms with Crippen molar-refractivity contribution in [3.8, 4) is 0 Å². The number of ether oxygens (including phenoxy) is 2. The number of nitrogen functional groups attached to an aromatic ring is 1. The monoisotopic (exact) mass is 363 g/mol. The van der Waals surface area contributed by atoms with Crippen LogP contribution in [0.2, 0.25) is 0 Å². The number of aromatic nitrogens is 4. The maximum Gasteiger partial charge on any atom is 0.340 e. The van der Waals surface area contributed by atoms with Gasteiger partial charge in [-0.1, -0.05) is 0 Å². The van der Waals surface area contributed by atoms with Crippen molar-refractivity contribution in [2.24, 2.45) is 0 Å². The molecule has 136 valence electrons. The van der Waals surface area contributed by atoms with Crippen molar-refractivity contribution < 1.29 is 34.4 Å². The largest absolute Gasteiger partial charge is 0.481 e. The second kappa shape index (κ2) is 5.37. The Bertz CT molecular complexity index is 956. The molecule has 12 nitrogen and oxygen atoms in total. The summed E-state index contributed by atoms with van der Waals surface area (Å²) in [6.45, 7) is 0. The summed E-state index contributed by atoms with van der Waals surface area (Å²) < 4.78 is 12.4. The van der Waals surface area contributed by atoms with Gasteiger partial charge in [0.25, 0.3) is 0 Å². The molecule has 2 aliphatic rings. The van der Waals surface area contributed by atoms with Gasteiger partial charge in [0.15, 0.2) is 17.1 Å². The number of nitrogens with two attached hydrogens (primary N) is 1. The van der Waals surface area contributed by atoms with Crippen LogP contribution in [0.3, 0.4) is 0 Å². The molecular formula is C14H13N5O7. The van der Waals surface area contributed by atoms with Crippen LogP contribution in [0.5, 0.6) is 0 Å². The van der Waals surface area contributed by atoms with Crippen LogP contribution in [0.25, 0.3) is 11.2 Å². The lowest BCUT2D eigenvalue weighted by molar-refractivity contribution is -0.171. The van der Waals surface area contributed by atoms with E-state index in [-0.39, 0.29) is 11.6 Å². The minimum atomic E-state index is -2.10. The van der Waals surface area contributed by atoms with E-state index in [1.807, 2.05) is 0 Å². The molecular weight excluding hydrogens is 350 g/mol. The highest BCUT2D eigenvalue weighted by Crippen LogP contribution is 2.44. The van der Waals surface area contributed by atoms with Crippen molar-refractivity contribution in [2.45, 2.75) is 30.5 Å². The number of anilines is 1. The number of aliphatic carboxylic acids is 2. The highest BCUT2D eigenvalue weighted by atomic mass is 16.6. The Balaban J connectivity index is 1.70. The second-order valence-electron chi connectivity index (χ2n) is 5.93. The van der Waals surface area contributed by atoms with E-state index in [4.69, 9.17) is 20.3 Å². The Kier molecular flexibility index (Phi) is 3.35. The van der Waals surface area contributed by atoms with Gasteiger partial charge in [0, 0.05) is 0 Å². The number of hydrogen-bond acceptors (Lipinski definition) is 9. The van der Waals surface area contributed by atoms with Crippen molar-refractivity contribution in [1.82, 2.24) is 19.5 Å². The Morgan fingerprint density at radius 2 is 2.08 bits per heavy atom. The first kappa shape index (κ1) is 16.2. The summed E-state index contributed by atoms with van der Waals surface area (Å²) in [4.78, 5) is 34.4. The van der Waals surface area contributed by atoms with Gasteiger partial charge in [0.1, 0.15) is 36.1 Å². The number of aliphatic hydroxyl groups excluding tert-OH is 1. The van der Waals surface area contributed by atoms with Crippen LogP contribution < -0.4 is 5.73 Å². The Morgan fingerprint density at radius 1 is 1.31 bits per heavy atom. The van der Waals surface area contributed by atoms with E-state index in [1.54, 1.807) is 0 Å². The third-order valence-electron chi connectivity index (χ3n) is 4.29. The summed E-state index contributed by atoms with van der Waals surface area (Å²) >= 11 is 0. The number of aliphatic hydroxyl groups is 1. The van der Waals surface area contributed by atoms with Crippen molar-refractivity contribution in [3.05, 3.63) is 24.5 Å². The first-order chi connectivity index (χ1) is 12.3. The molecule has 2 aliphatic heterocycles. The minimum Gasteiger partial charge on any atom is -0.481 e. The second-order valence-corrected chi connectivity index (χ2v) is 5.93. The van der Waals surface area contributed by atoms with E-state index in [9.17, 15) is 19.8 Å². The normalized spacial score (nSPS) is 30.0. The molecule has 4 heterocycles. The molecule has 0 saturated carbocycles. The molecule has 0 unspecified atom stereocenters. The average Bonchev–Trinajstić information content (AvgIpc) is 3.21. The van der Waals surface area contributed by atoms with E-state index in [0.717, 1.165) is 6.08 Å². The minimum absolute atomic E-state index is 0.0371. The number of nitrogens with zero attached hydrogens (tertiary/aromatic N) is 4. The molecule has 5 N–H and O–H groups in total. The van der Waals surface area contributed by atoms with E-state index < -0.39 is 42.4 Å². The van der Waals surface area contributed by atoms with Crippen LogP contribution in [0.4, 0.5) is 5.82 Å². The molecule has 1 saturated heterocycles. The quantitative estimate of drug-likeness (QED) is 0.516. The van der Waals surface area contributed by atoms with Gasteiger partial charge in [-0.25, -0.2) is 19.7 Å². The van der Waals surface area contributed by atoms with Crippen molar-refractivity contribution in [1.29, 1.82) is 0 Å². The van der Waals surface area contributed by atoms with Crippen molar-refractivity contribution >= 4 is 28.9 Å². The molecule has 2 aromatic heterocycles. The van der Waals surface area contributed by atoms with Gasteiger partial charge in [-0.05, 0) is 6.08 Å². The lowest BCUT2D eigenvalue weighted by Gasteiger charge is -2.24. The van der Waals surface area contributed by atoms with E-state index in [2.05, 4.69) is 15.0 Å². The third-order valence-corrected chi connectivity index (χ3v) is 4.29. The Hall–Kier alpha value is -3.25. The SMILES string of the molecule is Nc1ncnc2c1ncn2[C@@H]1OC2=C[C@](CC(=O)O)(C(=O)O)O[C@H]2[C@H]1O. The number of imidazole rings is 1. The van der Waals surface area contributed by atoms with Crippen LogP contribution in [0.1, 0.15) is 12.6 Å². The van der Waals surface area contributed by atoms with Crippen LogP contribution in [-0.4, -0.2) is 64.6 Å². The molecule has 0 bridgehead atoms. The molecule has 0 aliphatic carbocycles. The maximum absolute atomic E-state index is 11.5. The van der Waals surface area contributed by atoms with Crippen LogP contribution in [-0.2, 0) is 19.1 Å². The first-order valence-corrected chi connectivity index (χ1v) is 7.46. The van der Waals surface area contributed by atoms with Crippen LogP contribution in [0, 0.1) is 0 Å². The molecule has 12 heteroatoms. The van der Waals surface area contributed by atoms with Crippen LogP contribution in [0.15, 0.2) is 24.5 Å². The fourth-order valence-corrected chi connectivity index (χ4v) is 3.11. The smallest absolute Gasteiger partial charge is 0.340 e. The maximum atomic E-state index is 11.5. The fourth-order valence-electron chi connectivity index (χ4n) is 3.11. The molecule has 26 heavy (non-hydrogen) atoms. The number of hydrogen-bond donors (Lipinski definition) is 4. The predicted octanol–water partition coefficient (Wildman–Crippen LogP) is -1.12. The molecule has 0 amide bonds. The highest BCUT2D eigenvalue weighted by molar-refractivity contribution is 5.87. The Labute approximate surface area is 144 Å². The fraction of sp³-hybridized carbons (Fsp3) is 0.357. The zero-order chi connectivity index (χ0) is 18.6. The van der Waals surface area contributed by atoms with E-state index in [0.29, 0.717) is 11.2 Å². The lowest BCUT2D eigenvalue weighted by atomic mass is 10.0. The molecule has 0 aromatic carbocycles. The molecule has 0 radical (unpaired) electrons. The summed E-state index contributed by atoms with van der Waals surface area (Å²) in [6, 6.07) is 0. The van der Waals surface area contributed by atoms with Crippen molar-refractivity contribution in [3.63, 3.8) is 0 Å². The Morgan fingerprint density at radius 3 is 2.73 bits per heavy atom. The number of fused-ring (bicyclic) bond motifs is 2. The number of carbonyl (C=O) groups is 2. The van der Waals surface area contributed by atoms with E-state index >= 15 is 0 Å². The van der Waals surface area contributed by atoms with Gasteiger partial charge in [-0.3, -0.25) is 9.36 Å². The third kappa shape index (κ3) is 2.19. The van der Waals surface area contributed by atoms with Gasteiger partial charge in [0.2, 0.25) is 6.23 Å². The van der Waals surface area contributed by atoms with Gasteiger partial charge in [0.05, 0.1) is 6.42 Å². The number of carboxylic acid groups (broad SMARTS) is 2. The van der Waals surface area contributed by atoms with Gasteiger partial charge >= 0.3 is 11.9 Å². The molecule has 1 fully saturated rings. The van der Waals surface area contributed by atoms with Gasteiger partial charge in [-0.15, -0.1) is 0 Å². The summed E-state index contributed by atoms with van der Waals surface area (Å²) in [7, 11) is 0. The summed E-state index contributed by atoms with van der Waals surface area (Å²) in [6.07, 6.45) is -0.594. The molecule has 4 atom stereocenters. The predicted molar refractivity (Wildman–Crippen MR) is 81.4 cm³/mol. The zero-order valence-electron chi connectivity index (χ0n) is 13.0. The van der Waals surface area contributed by atoms with Crippen LogP contribution >= 0.6 is 0 Å². The summed E-state index contributed by atoms with van der Waals surface area (Å²) in [5.41, 5.74) is 4.26. The topological polar surface area (TPSA) is 183 Å². The summed E-state index contributed by atoms with van der Waals surface area (Å²) in [5, 5.41) is 28.9. The molecule has 0 spiro atoms. The number of carboxylic acids is 2. The van der Waals surface area contributed by atoms with Gasteiger partial charge < -0.3 is 30.5 Å². The molecule has 2 aromatic rings. The van der Waals surface area contributed by atoms with Crippen molar-refractivity contribution in [2.75, 3.05) is 5.73 Å². The average molecular weight is 363 g/mol. The summed E-state index contributed by atoms with van der Waals surface area (Å²) in [5.74, 6) is -2.65. The zero-order valence-corrected chi connectivity index (χ0v) is 13.0. The standard InChI is InChI=1S/C14H13N5O7/c15-10-7-11(17-3-16-10)19(4-18-7)12-8(22)9-5(25-12)1-14(26-9,13(23)24)2-6(20)21/h1,3-4,8-9,12,22H,2H2,(H,20,21)(H,23,24)(H2,15,16,17)/t8-,9-,12-,14+/m1/s1. The number of rotatable bonds is 4. The van der Waals surface area contributed by atoms with Gasteiger partial charge in [-0.2, -0.15) is 0 Å². The lowest BCUT2D eigenvalue weighted by Crippen LogP contribution is -2.43. The van der Waals surface area contributed by atoms with E-state index in [1.165, 1.54) is 17.2 Å². The first-order valence-electron chi connectivity index (χ1n) is 7.46.